The molecule has 1 fully saturated rings. The minimum Gasteiger partial charge on any atom is -0.392 e. The minimum absolute atomic E-state index is 0.240. The van der Waals surface area contributed by atoms with Crippen molar-refractivity contribution < 1.29 is 9.84 Å². The minimum atomic E-state index is -0.240. The molecule has 1 N–H and O–H groups in total. The Kier molecular flexibility index (Phi) is 7.87. The van der Waals surface area contributed by atoms with Gasteiger partial charge in [-0.2, -0.15) is 0 Å². The average molecular weight is 257 g/mol. The van der Waals surface area contributed by atoms with Crippen LogP contribution in [-0.4, -0.2) is 48.0 Å². The topological polar surface area (TPSA) is 32.7 Å². The molecule has 0 spiro atoms. The van der Waals surface area contributed by atoms with E-state index in [1.165, 1.54) is 32.1 Å². The van der Waals surface area contributed by atoms with E-state index in [0.29, 0.717) is 12.6 Å². The van der Waals surface area contributed by atoms with Gasteiger partial charge in [0.15, 0.2) is 0 Å². The van der Waals surface area contributed by atoms with Gasteiger partial charge in [0.1, 0.15) is 0 Å². The van der Waals surface area contributed by atoms with Crippen LogP contribution in [0.5, 0.6) is 0 Å². The summed E-state index contributed by atoms with van der Waals surface area (Å²) in [6.07, 6.45) is 7.26. The molecule has 0 aromatic rings. The van der Waals surface area contributed by atoms with Crippen molar-refractivity contribution in [1.29, 1.82) is 0 Å². The Balaban J connectivity index is 2.28. The van der Waals surface area contributed by atoms with Crippen molar-refractivity contribution in [3.8, 4) is 0 Å². The van der Waals surface area contributed by atoms with Crippen molar-refractivity contribution in [1.82, 2.24) is 4.90 Å². The van der Waals surface area contributed by atoms with Gasteiger partial charge >= 0.3 is 0 Å². The molecular formula is C15H31NO2. The van der Waals surface area contributed by atoms with E-state index in [4.69, 9.17) is 4.74 Å². The molecule has 1 heterocycles. The molecule has 0 radical (unpaired) electrons. The van der Waals surface area contributed by atoms with Gasteiger partial charge in [0, 0.05) is 19.2 Å². The summed E-state index contributed by atoms with van der Waals surface area (Å²) in [5, 5.41) is 10.1. The molecule has 0 bridgehead atoms. The summed E-state index contributed by atoms with van der Waals surface area (Å²) in [6, 6.07) is 0.674. The Hall–Kier alpha value is -0.120. The number of nitrogens with zero attached hydrogens (tertiary/aromatic N) is 1. The largest absolute Gasteiger partial charge is 0.392 e. The Labute approximate surface area is 113 Å². The summed E-state index contributed by atoms with van der Waals surface area (Å²) in [6.45, 7) is 8.98. The molecule has 1 aliphatic heterocycles. The van der Waals surface area contributed by atoms with Crippen LogP contribution >= 0.6 is 0 Å². The van der Waals surface area contributed by atoms with Crippen LogP contribution in [0.3, 0.4) is 0 Å². The quantitative estimate of drug-likeness (QED) is 0.761. The van der Waals surface area contributed by atoms with Crippen LogP contribution in [0.1, 0.15) is 59.3 Å². The predicted octanol–water partition coefficient (Wildman–Crippen LogP) is 2.82. The van der Waals surface area contributed by atoms with E-state index < -0.39 is 0 Å². The van der Waals surface area contributed by atoms with Crippen LogP contribution < -0.4 is 0 Å². The van der Waals surface area contributed by atoms with Crippen molar-refractivity contribution in [2.75, 3.05) is 19.7 Å². The van der Waals surface area contributed by atoms with Crippen molar-refractivity contribution >= 4 is 0 Å². The molecule has 0 amide bonds. The van der Waals surface area contributed by atoms with E-state index in [2.05, 4.69) is 11.8 Å². The van der Waals surface area contributed by atoms with Crippen LogP contribution in [0.15, 0.2) is 0 Å². The Morgan fingerprint density at radius 1 is 1.28 bits per heavy atom. The summed E-state index contributed by atoms with van der Waals surface area (Å²) in [5.41, 5.74) is 0. The first kappa shape index (κ1) is 15.9. The van der Waals surface area contributed by atoms with Crippen molar-refractivity contribution in [2.45, 2.75) is 77.5 Å². The Morgan fingerprint density at radius 2 is 2.06 bits per heavy atom. The molecule has 1 saturated heterocycles. The highest BCUT2D eigenvalue weighted by Crippen LogP contribution is 2.19. The highest BCUT2D eigenvalue weighted by molar-refractivity contribution is 4.76. The fraction of sp³-hybridized carbons (Fsp3) is 1.00. The van der Waals surface area contributed by atoms with E-state index in [1.54, 1.807) is 0 Å². The number of aliphatic hydroxyl groups excluding tert-OH is 1. The molecule has 0 aliphatic carbocycles. The monoisotopic (exact) mass is 257 g/mol. The summed E-state index contributed by atoms with van der Waals surface area (Å²) >= 11 is 0. The molecule has 2 atom stereocenters. The van der Waals surface area contributed by atoms with E-state index in [0.717, 1.165) is 19.5 Å². The zero-order valence-corrected chi connectivity index (χ0v) is 12.4. The second-order valence-corrected chi connectivity index (χ2v) is 5.77. The lowest BCUT2D eigenvalue weighted by Crippen LogP contribution is -2.40. The first-order valence-electron chi connectivity index (χ1n) is 7.67. The maximum absolute atomic E-state index is 10.1. The number of β-amino-alcohol motifs (C(OH)–C–C–N with tert-alkyl or cyclic N) is 1. The highest BCUT2D eigenvalue weighted by atomic mass is 16.5. The smallest absolute Gasteiger partial charge is 0.0689 e. The van der Waals surface area contributed by atoms with E-state index in [1.807, 2.05) is 13.8 Å². The summed E-state index contributed by atoms with van der Waals surface area (Å²) in [7, 11) is 0. The van der Waals surface area contributed by atoms with Gasteiger partial charge in [0.2, 0.25) is 0 Å². The summed E-state index contributed by atoms with van der Waals surface area (Å²) < 4.78 is 5.50. The first-order valence-corrected chi connectivity index (χ1v) is 7.67. The van der Waals surface area contributed by atoms with Gasteiger partial charge in [0.05, 0.1) is 12.2 Å². The summed E-state index contributed by atoms with van der Waals surface area (Å²) in [4.78, 5) is 2.49. The van der Waals surface area contributed by atoms with Crippen LogP contribution in [0, 0.1) is 0 Å². The van der Waals surface area contributed by atoms with Crippen LogP contribution in [0.2, 0.25) is 0 Å². The lowest BCUT2D eigenvalue weighted by Gasteiger charge is -2.31. The molecule has 0 aromatic heterocycles. The Bertz CT molecular complexity index is 209. The van der Waals surface area contributed by atoms with E-state index >= 15 is 0 Å². The number of likely N-dealkylation sites (tertiary alicyclic amines) is 1. The third kappa shape index (κ3) is 6.17. The summed E-state index contributed by atoms with van der Waals surface area (Å²) in [5.74, 6) is 0. The first-order chi connectivity index (χ1) is 8.63. The van der Waals surface area contributed by atoms with E-state index in [-0.39, 0.29) is 12.2 Å². The lowest BCUT2D eigenvalue weighted by molar-refractivity contribution is 0.0279. The van der Waals surface area contributed by atoms with Gasteiger partial charge in [-0.25, -0.2) is 0 Å². The fourth-order valence-corrected chi connectivity index (χ4v) is 2.74. The van der Waals surface area contributed by atoms with E-state index in [9.17, 15) is 5.11 Å². The molecule has 3 heteroatoms. The molecule has 18 heavy (non-hydrogen) atoms. The maximum atomic E-state index is 10.1. The standard InChI is InChI=1S/C15H31NO2/c1-4-14-8-6-5-7-10-16(14)12-15(17)9-11-18-13(2)3/h13-15,17H,4-12H2,1-3H3. The maximum Gasteiger partial charge on any atom is 0.0689 e. The predicted molar refractivity (Wildman–Crippen MR) is 75.8 cm³/mol. The van der Waals surface area contributed by atoms with Gasteiger partial charge in [0.25, 0.3) is 0 Å². The third-order valence-electron chi connectivity index (χ3n) is 3.82. The fourth-order valence-electron chi connectivity index (χ4n) is 2.74. The number of hydrogen-bond donors (Lipinski definition) is 1. The zero-order chi connectivity index (χ0) is 13.4. The molecule has 1 rings (SSSR count). The van der Waals surface area contributed by atoms with Crippen LogP contribution in [-0.2, 0) is 4.74 Å². The van der Waals surface area contributed by atoms with Gasteiger partial charge in [-0.1, -0.05) is 19.8 Å². The van der Waals surface area contributed by atoms with Crippen molar-refractivity contribution in [2.24, 2.45) is 0 Å². The van der Waals surface area contributed by atoms with Crippen molar-refractivity contribution in [3.63, 3.8) is 0 Å². The molecular weight excluding hydrogens is 226 g/mol. The van der Waals surface area contributed by atoms with Crippen LogP contribution in [0.25, 0.3) is 0 Å². The second-order valence-electron chi connectivity index (χ2n) is 5.77. The zero-order valence-electron chi connectivity index (χ0n) is 12.4. The average Bonchev–Trinajstić information content (AvgIpc) is 2.53. The number of ether oxygens (including phenoxy) is 1. The number of rotatable bonds is 7. The molecule has 1 aliphatic rings. The van der Waals surface area contributed by atoms with Gasteiger partial charge in [-0.15, -0.1) is 0 Å². The number of hydrogen-bond acceptors (Lipinski definition) is 3. The lowest BCUT2D eigenvalue weighted by atomic mass is 10.1. The van der Waals surface area contributed by atoms with Crippen molar-refractivity contribution in [3.05, 3.63) is 0 Å². The molecule has 0 saturated carbocycles. The highest BCUT2D eigenvalue weighted by Gasteiger charge is 2.21. The number of aliphatic hydroxyl groups is 1. The van der Waals surface area contributed by atoms with Gasteiger partial charge < -0.3 is 9.84 Å². The molecule has 108 valence electrons. The molecule has 3 nitrogen and oxygen atoms in total. The SMILES string of the molecule is CCC1CCCCCN1CC(O)CCOC(C)C. The molecule has 0 aromatic carbocycles. The van der Waals surface area contributed by atoms with Gasteiger partial charge in [-0.05, 0) is 46.1 Å². The molecule has 2 unspecified atom stereocenters. The third-order valence-corrected chi connectivity index (χ3v) is 3.82. The second kappa shape index (κ2) is 8.89. The Morgan fingerprint density at radius 3 is 2.72 bits per heavy atom. The normalized spacial score (nSPS) is 24.2. The van der Waals surface area contributed by atoms with Gasteiger partial charge in [-0.3, -0.25) is 4.90 Å². The van der Waals surface area contributed by atoms with Crippen LogP contribution in [0.4, 0.5) is 0 Å².